The molecule has 2 heterocycles. The van der Waals surface area contributed by atoms with E-state index in [2.05, 4.69) is 5.10 Å². The third kappa shape index (κ3) is 3.79. The quantitative estimate of drug-likeness (QED) is 0.572. The summed E-state index contributed by atoms with van der Waals surface area (Å²) in [5.41, 5.74) is 2.09. The van der Waals surface area contributed by atoms with Crippen molar-refractivity contribution in [3.05, 3.63) is 64.9 Å². The van der Waals surface area contributed by atoms with Gasteiger partial charge in [-0.2, -0.15) is 5.10 Å². The van der Waals surface area contributed by atoms with Gasteiger partial charge in [0.25, 0.3) is 0 Å². The molecule has 1 aromatic carbocycles. The van der Waals surface area contributed by atoms with Crippen molar-refractivity contribution in [2.45, 2.75) is 40.2 Å². The summed E-state index contributed by atoms with van der Waals surface area (Å²) in [6.45, 7) is 6.33. The summed E-state index contributed by atoms with van der Waals surface area (Å²) < 4.78 is 26.2. The Bertz CT molecular complexity index is 1110. The van der Waals surface area contributed by atoms with Crippen LogP contribution in [0.1, 0.15) is 59.2 Å². The number of rotatable bonds is 5. The Kier molecular flexibility index (Phi) is 5.05. The maximum absolute atomic E-state index is 13.4. The Labute approximate surface area is 173 Å². The first-order chi connectivity index (χ1) is 14.3. The number of furan rings is 1. The first kappa shape index (κ1) is 20.1. The number of halogens is 1. The monoisotopic (exact) mass is 410 g/mol. The zero-order chi connectivity index (χ0) is 21.5. The van der Waals surface area contributed by atoms with Crippen LogP contribution in [0.3, 0.4) is 0 Å². The summed E-state index contributed by atoms with van der Waals surface area (Å²) in [5, 5.41) is 4.25. The Morgan fingerprint density at radius 1 is 1.27 bits per heavy atom. The smallest absolute Gasteiger partial charge is 0.341 e. The van der Waals surface area contributed by atoms with Gasteiger partial charge in [0.05, 0.1) is 30.5 Å². The molecule has 0 N–H and O–H groups in total. The number of Topliss-reactive ketones (excluding diaryl/α,β-unsaturated/α-hetero) is 1. The molecule has 0 aliphatic heterocycles. The number of ketones is 1. The highest BCUT2D eigenvalue weighted by Crippen LogP contribution is 2.41. The fourth-order valence-electron chi connectivity index (χ4n) is 3.90. The molecule has 0 radical (unpaired) electrons. The van der Waals surface area contributed by atoms with Crippen LogP contribution in [0.15, 0.2) is 41.1 Å². The molecule has 0 fully saturated rings. The standard InChI is InChI=1S/C23H23FN2O4/c1-4-29-22(28)15-11-25-26(12-15)13-17-20-18(27)9-23(2,3)10-19(20)30-21(17)14-5-7-16(24)8-6-14/h5-8,11-12H,4,9-10,13H2,1-3H3. The summed E-state index contributed by atoms with van der Waals surface area (Å²) in [5.74, 6) is 0.392. The van der Waals surface area contributed by atoms with Crippen LogP contribution in [-0.2, 0) is 17.7 Å². The largest absolute Gasteiger partial charge is 0.462 e. The number of nitrogens with zero attached hydrogens (tertiary/aromatic N) is 2. The normalized spacial score (nSPS) is 15.1. The number of aromatic nitrogens is 2. The Hall–Kier alpha value is -3.22. The highest BCUT2D eigenvalue weighted by Gasteiger charge is 2.37. The van der Waals surface area contributed by atoms with Gasteiger partial charge < -0.3 is 9.15 Å². The molecule has 0 saturated heterocycles. The van der Waals surface area contributed by atoms with E-state index in [0.717, 1.165) is 0 Å². The molecule has 4 rings (SSSR count). The van der Waals surface area contributed by atoms with E-state index >= 15 is 0 Å². The van der Waals surface area contributed by atoms with Crippen LogP contribution in [0.25, 0.3) is 11.3 Å². The van der Waals surface area contributed by atoms with E-state index < -0.39 is 5.97 Å². The van der Waals surface area contributed by atoms with Crippen LogP contribution >= 0.6 is 0 Å². The van der Waals surface area contributed by atoms with E-state index in [-0.39, 0.29) is 30.2 Å². The predicted molar refractivity (Wildman–Crippen MR) is 108 cm³/mol. The number of esters is 1. The second-order valence-corrected chi connectivity index (χ2v) is 8.30. The number of benzene rings is 1. The fourth-order valence-corrected chi connectivity index (χ4v) is 3.90. The van der Waals surface area contributed by atoms with Crippen molar-refractivity contribution >= 4 is 11.8 Å². The Balaban J connectivity index is 1.78. The van der Waals surface area contributed by atoms with Gasteiger partial charge in [0.1, 0.15) is 17.3 Å². The number of ether oxygens (including phenoxy) is 1. The zero-order valence-electron chi connectivity index (χ0n) is 17.2. The van der Waals surface area contributed by atoms with Gasteiger partial charge in [-0.15, -0.1) is 0 Å². The lowest BCUT2D eigenvalue weighted by molar-refractivity contribution is 0.0526. The highest BCUT2D eigenvalue weighted by molar-refractivity contribution is 6.01. The lowest BCUT2D eigenvalue weighted by Crippen LogP contribution is -2.26. The van der Waals surface area contributed by atoms with Crippen LogP contribution in [0.4, 0.5) is 4.39 Å². The molecule has 30 heavy (non-hydrogen) atoms. The van der Waals surface area contributed by atoms with Crippen LogP contribution in [0.5, 0.6) is 0 Å². The van der Waals surface area contributed by atoms with Crippen LogP contribution in [0.2, 0.25) is 0 Å². The van der Waals surface area contributed by atoms with Gasteiger partial charge in [0.2, 0.25) is 0 Å². The van der Waals surface area contributed by atoms with Crippen molar-refractivity contribution in [3.8, 4) is 11.3 Å². The van der Waals surface area contributed by atoms with E-state index in [1.54, 1.807) is 29.9 Å². The van der Waals surface area contributed by atoms with E-state index in [1.165, 1.54) is 18.3 Å². The lowest BCUT2D eigenvalue weighted by atomic mass is 9.75. The van der Waals surface area contributed by atoms with Gasteiger partial charge in [-0.05, 0) is 36.6 Å². The molecular weight excluding hydrogens is 387 g/mol. The van der Waals surface area contributed by atoms with Gasteiger partial charge >= 0.3 is 5.97 Å². The average molecular weight is 410 g/mol. The molecule has 7 heteroatoms. The maximum atomic E-state index is 13.4. The van der Waals surface area contributed by atoms with Gasteiger partial charge in [-0.1, -0.05) is 13.8 Å². The summed E-state index contributed by atoms with van der Waals surface area (Å²) in [6, 6.07) is 5.98. The Morgan fingerprint density at radius 3 is 2.70 bits per heavy atom. The van der Waals surface area contributed by atoms with Crippen LogP contribution in [0, 0.1) is 11.2 Å². The molecule has 0 bridgehead atoms. The number of hydrogen-bond acceptors (Lipinski definition) is 5. The van der Waals surface area contributed by atoms with Crippen molar-refractivity contribution < 1.29 is 23.1 Å². The fraction of sp³-hybridized carbons (Fsp3) is 0.348. The molecule has 0 spiro atoms. The van der Waals surface area contributed by atoms with Crippen molar-refractivity contribution in [3.63, 3.8) is 0 Å². The van der Waals surface area contributed by atoms with Crippen molar-refractivity contribution in [2.75, 3.05) is 6.61 Å². The van der Waals surface area contributed by atoms with E-state index in [0.29, 0.717) is 46.6 Å². The van der Waals surface area contributed by atoms with Crippen LogP contribution in [-0.4, -0.2) is 28.1 Å². The first-order valence-corrected chi connectivity index (χ1v) is 9.90. The molecule has 6 nitrogen and oxygen atoms in total. The Morgan fingerprint density at radius 2 is 2.00 bits per heavy atom. The highest BCUT2D eigenvalue weighted by atomic mass is 19.1. The molecule has 1 aliphatic rings. The molecule has 0 atom stereocenters. The van der Waals surface area contributed by atoms with Crippen molar-refractivity contribution in [1.29, 1.82) is 0 Å². The topological polar surface area (TPSA) is 74.3 Å². The zero-order valence-corrected chi connectivity index (χ0v) is 17.2. The summed E-state index contributed by atoms with van der Waals surface area (Å²) >= 11 is 0. The van der Waals surface area contributed by atoms with Gasteiger partial charge in [-0.25, -0.2) is 9.18 Å². The SMILES string of the molecule is CCOC(=O)c1cnn(Cc2c(-c3ccc(F)cc3)oc3c2C(=O)CC(C)(C)C3)c1. The number of hydrogen-bond donors (Lipinski definition) is 0. The first-order valence-electron chi connectivity index (χ1n) is 9.90. The number of carbonyl (C=O) groups is 2. The van der Waals surface area contributed by atoms with Crippen molar-refractivity contribution in [1.82, 2.24) is 9.78 Å². The lowest BCUT2D eigenvalue weighted by Gasteiger charge is -2.27. The number of fused-ring (bicyclic) bond motifs is 1. The minimum Gasteiger partial charge on any atom is -0.462 e. The van der Waals surface area contributed by atoms with E-state index in [4.69, 9.17) is 9.15 Å². The number of carbonyl (C=O) groups excluding carboxylic acids is 2. The molecule has 3 aromatic rings. The molecule has 156 valence electrons. The van der Waals surface area contributed by atoms with Crippen LogP contribution < -0.4 is 0 Å². The predicted octanol–water partition coefficient (Wildman–Crippen LogP) is 4.66. The molecule has 0 unspecified atom stereocenters. The van der Waals surface area contributed by atoms with Gasteiger partial charge in [-0.3, -0.25) is 9.48 Å². The average Bonchev–Trinajstić information content (AvgIpc) is 3.27. The maximum Gasteiger partial charge on any atom is 0.341 e. The molecule has 0 amide bonds. The summed E-state index contributed by atoms with van der Waals surface area (Å²) in [4.78, 5) is 24.9. The summed E-state index contributed by atoms with van der Waals surface area (Å²) in [7, 11) is 0. The minimum absolute atomic E-state index is 0.0196. The third-order valence-electron chi connectivity index (χ3n) is 5.21. The third-order valence-corrected chi connectivity index (χ3v) is 5.21. The molecule has 1 aliphatic carbocycles. The molecular formula is C23H23FN2O4. The minimum atomic E-state index is -0.449. The second kappa shape index (κ2) is 7.55. The summed E-state index contributed by atoms with van der Waals surface area (Å²) in [6.07, 6.45) is 4.08. The second-order valence-electron chi connectivity index (χ2n) is 8.30. The molecule has 0 saturated carbocycles. The van der Waals surface area contributed by atoms with Crippen molar-refractivity contribution in [2.24, 2.45) is 5.41 Å². The van der Waals surface area contributed by atoms with Gasteiger partial charge in [0, 0.05) is 30.2 Å². The van der Waals surface area contributed by atoms with E-state index in [1.807, 2.05) is 13.8 Å². The molecule has 2 aromatic heterocycles. The van der Waals surface area contributed by atoms with E-state index in [9.17, 15) is 14.0 Å². The van der Waals surface area contributed by atoms with Gasteiger partial charge in [0.15, 0.2) is 5.78 Å².